The summed E-state index contributed by atoms with van der Waals surface area (Å²) in [7, 11) is 0. The highest BCUT2D eigenvalue weighted by atomic mass is 16.5. The summed E-state index contributed by atoms with van der Waals surface area (Å²) in [4.78, 5) is 11.7. The van der Waals surface area contributed by atoms with E-state index in [1.807, 2.05) is 0 Å². The van der Waals surface area contributed by atoms with Gasteiger partial charge < -0.3 is 4.74 Å². The van der Waals surface area contributed by atoms with Crippen molar-refractivity contribution < 1.29 is 9.53 Å². The fourth-order valence-electron chi connectivity index (χ4n) is 1.84. The van der Waals surface area contributed by atoms with Crippen LogP contribution in [0, 0.1) is 5.41 Å². The maximum absolute atomic E-state index is 11.7. The third-order valence-corrected chi connectivity index (χ3v) is 2.88. The standard InChI is InChI=1S/C13H24O2/c1-13(2,3)8-7-11(14)10-12-6-4-5-9-15-12/h12H,4-10H2,1-3H3. The molecule has 0 saturated carbocycles. The van der Waals surface area contributed by atoms with Crippen LogP contribution in [0.4, 0.5) is 0 Å². The fraction of sp³-hybridized carbons (Fsp3) is 0.923. The van der Waals surface area contributed by atoms with E-state index < -0.39 is 0 Å². The van der Waals surface area contributed by atoms with E-state index in [0.29, 0.717) is 18.6 Å². The van der Waals surface area contributed by atoms with Gasteiger partial charge in [-0.1, -0.05) is 20.8 Å². The molecule has 1 aliphatic heterocycles. The van der Waals surface area contributed by atoms with E-state index in [2.05, 4.69) is 20.8 Å². The Kier molecular flexibility index (Phi) is 4.78. The summed E-state index contributed by atoms with van der Waals surface area (Å²) in [6.45, 7) is 7.38. The van der Waals surface area contributed by atoms with Gasteiger partial charge in [0, 0.05) is 19.4 Å². The zero-order chi connectivity index (χ0) is 11.3. The number of carbonyl (C=O) groups excluding carboxylic acids is 1. The normalized spacial score (nSPS) is 22.7. The minimum absolute atomic E-state index is 0.214. The first-order valence-electron chi connectivity index (χ1n) is 6.11. The molecule has 1 saturated heterocycles. The Morgan fingerprint density at radius 1 is 1.33 bits per heavy atom. The molecule has 0 bridgehead atoms. The summed E-state index contributed by atoms with van der Waals surface area (Å²) < 4.78 is 5.56. The maximum Gasteiger partial charge on any atom is 0.135 e. The summed E-state index contributed by atoms with van der Waals surface area (Å²) in [6.07, 6.45) is 5.99. The average Bonchev–Trinajstić information content (AvgIpc) is 2.15. The molecule has 0 aliphatic carbocycles. The fourth-order valence-corrected chi connectivity index (χ4v) is 1.84. The van der Waals surface area contributed by atoms with E-state index in [1.165, 1.54) is 6.42 Å². The number of ether oxygens (including phenoxy) is 1. The number of carbonyl (C=O) groups is 1. The van der Waals surface area contributed by atoms with Crippen LogP contribution in [-0.2, 0) is 9.53 Å². The Bertz CT molecular complexity index is 197. The smallest absolute Gasteiger partial charge is 0.135 e. The van der Waals surface area contributed by atoms with Gasteiger partial charge in [-0.25, -0.2) is 0 Å². The van der Waals surface area contributed by atoms with Crippen LogP contribution in [-0.4, -0.2) is 18.5 Å². The quantitative estimate of drug-likeness (QED) is 0.714. The minimum atomic E-state index is 0.214. The Morgan fingerprint density at radius 2 is 2.07 bits per heavy atom. The second kappa shape index (κ2) is 5.64. The lowest BCUT2D eigenvalue weighted by Gasteiger charge is -2.23. The first-order chi connectivity index (χ1) is 6.97. The molecule has 1 rings (SSSR count). The molecule has 88 valence electrons. The van der Waals surface area contributed by atoms with Crippen LogP contribution in [0.15, 0.2) is 0 Å². The molecule has 2 heteroatoms. The topological polar surface area (TPSA) is 26.3 Å². The number of hydrogen-bond acceptors (Lipinski definition) is 2. The van der Waals surface area contributed by atoms with Crippen molar-refractivity contribution in [3.8, 4) is 0 Å². The molecule has 0 spiro atoms. The first-order valence-corrected chi connectivity index (χ1v) is 6.11. The van der Waals surface area contributed by atoms with E-state index in [9.17, 15) is 4.79 Å². The van der Waals surface area contributed by atoms with Crippen molar-refractivity contribution in [2.45, 2.75) is 65.4 Å². The van der Waals surface area contributed by atoms with E-state index in [4.69, 9.17) is 4.74 Å². The molecule has 0 amide bonds. The van der Waals surface area contributed by atoms with Crippen LogP contribution in [0.2, 0.25) is 0 Å². The van der Waals surface area contributed by atoms with Gasteiger partial charge in [0.05, 0.1) is 6.10 Å². The SMILES string of the molecule is CC(C)(C)CCC(=O)CC1CCCCO1. The Morgan fingerprint density at radius 3 is 2.60 bits per heavy atom. The summed E-state index contributed by atoms with van der Waals surface area (Å²) in [5.41, 5.74) is 0.267. The van der Waals surface area contributed by atoms with Gasteiger partial charge in [-0.15, -0.1) is 0 Å². The van der Waals surface area contributed by atoms with Crippen molar-refractivity contribution in [3.05, 3.63) is 0 Å². The molecule has 1 atom stereocenters. The molecule has 1 fully saturated rings. The van der Waals surface area contributed by atoms with Crippen molar-refractivity contribution in [3.63, 3.8) is 0 Å². The molecule has 0 aromatic carbocycles. The second-order valence-corrected chi connectivity index (χ2v) is 5.79. The molecule has 0 N–H and O–H groups in total. The molecule has 0 radical (unpaired) electrons. The zero-order valence-electron chi connectivity index (χ0n) is 10.3. The van der Waals surface area contributed by atoms with Crippen molar-refractivity contribution in [1.82, 2.24) is 0 Å². The Hall–Kier alpha value is -0.370. The van der Waals surface area contributed by atoms with Crippen molar-refractivity contribution >= 4 is 5.78 Å². The van der Waals surface area contributed by atoms with Crippen molar-refractivity contribution in [2.75, 3.05) is 6.61 Å². The average molecular weight is 212 g/mol. The van der Waals surface area contributed by atoms with Crippen molar-refractivity contribution in [2.24, 2.45) is 5.41 Å². The summed E-state index contributed by atoms with van der Waals surface area (Å²) in [5, 5.41) is 0. The molecule has 15 heavy (non-hydrogen) atoms. The Labute approximate surface area is 93.4 Å². The van der Waals surface area contributed by atoms with E-state index in [0.717, 1.165) is 25.9 Å². The third kappa shape index (κ3) is 5.93. The van der Waals surface area contributed by atoms with Crippen LogP contribution in [0.3, 0.4) is 0 Å². The van der Waals surface area contributed by atoms with E-state index in [-0.39, 0.29) is 11.5 Å². The molecule has 1 unspecified atom stereocenters. The highest BCUT2D eigenvalue weighted by Gasteiger charge is 2.19. The lowest BCUT2D eigenvalue weighted by atomic mass is 9.88. The van der Waals surface area contributed by atoms with Crippen LogP contribution in [0.1, 0.15) is 59.3 Å². The number of ketones is 1. The Balaban J connectivity index is 2.17. The van der Waals surface area contributed by atoms with E-state index in [1.54, 1.807) is 0 Å². The molecule has 0 aromatic rings. The molecule has 1 heterocycles. The molecule has 1 aliphatic rings. The number of rotatable bonds is 4. The van der Waals surface area contributed by atoms with Gasteiger partial charge in [-0.05, 0) is 31.1 Å². The van der Waals surface area contributed by atoms with Gasteiger partial charge in [0.2, 0.25) is 0 Å². The third-order valence-electron chi connectivity index (χ3n) is 2.88. The highest BCUT2D eigenvalue weighted by molar-refractivity contribution is 5.78. The predicted octanol–water partition coefficient (Wildman–Crippen LogP) is 3.34. The minimum Gasteiger partial charge on any atom is -0.378 e. The summed E-state index contributed by atoms with van der Waals surface area (Å²) in [6, 6.07) is 0. The lowest BCUT2D eigenvalue weighted by molar-refractivity contribution is -0.123. The lowest BCUT2D eigenvalue weighted by Crippen LogP contribution is -2.22. The van der Waals surface area contributed by atoms with Gasteiger partial charge in [0.25, 0.3) is 0 Å². The van der Waals surface area contributed by atoms with Gasteiger partial charge in [-0.2, -0.15) is 0 Å². The van der Waals surface area contributed by atoms with Gasteiger partial charge in [0.15, 0.2) is 0 Å². The number of Topliss-reactive ketones (excluding diaryl/α,β-unsaturated/α-hetero) is 1. The summed E-state index contributed by atoms with van der Waals surface area (Å²) >= 11 is 0. The molecular formula is C13H24O2. The molecular weight excluding hydrogens is 188 g/mol. The predicted molar refractivity (Wildman–Crippen MR) is 61.9 cm³/mol. The van der Waals surface area contributed by atoms with Gasteiger partial charge >= 0.3 is 0 Å². The molecule has 0 aromatic heterocycles. The second-order valence-electron chi connectivity index (χ2n) is 5.79. The van der Waals surface area contributed by atoms with Gasteiger partial charge in [0.1, 0.15) is 5.78 Å². The first kappa shape index (κ1) is 12.7. The van der Waals surface area contributed by atoms with E-state index >= 15 is 0 Å². The molecule has 2 nitrogen and oxygen atoms in total. The zero-order valence-corrected chi connectivity index (χ0v) is 10.3. The monoisotopic (exact) mass is 212 g/mol. The highest BCUT2D eigenvalue weighted by Crippen LogP contribution is 2.22. The van der Waals surface area contributed by atoms with Crippen molar-refractivity contribution in [1.29, 1.82) is 0 Å². The van der Waals surface area contributed by atoms with Crippen LogP contribution in [0.5, 0.6) is 0 Å². The van der Waals surface area contributed by atoms with Crippen LogP contribution in [0.25, 0.3) is 0 Å². The van der Waals surface area contributed by atoms with Gasteiger partial charge in [-0.3, -0.25) is 4.79 Å². The van der Waals surface area contributed by atoms with Crippen LogP contribution >= 0.6 is 0 Å². The largest absolute Gasteiger partial charge is 0.378 e. The maximum atomic E-state index is 11.7. The number of hydrogen-bond donors (Lipinski definition) is 0. The van der Waals surface area contributed by atoms with Crippen LogP contribution < -0.4 is 0 Å². The summed E-state index contributed by atoms with van der Waals surface area (Å²) in [5.74, 6) is 0.372.